The SMILES string of the molecule is CNCC1(C(=O)Nc2c[nH]c3ccccc23)CCC1. The molecule has 0 radical (unpaired) electrons. The number of benzene rings is 1. The molecule has 19 heavy (non-hydrogen) atoms. The van der Waals surface area contributed by atoms with Gasteiger partial charge in [-0.15, -0.1) is 0 Å². The summed E-state index contributed by atoms with van der Waals surface area (Å²) in [6, 6.07) is 8.00. The second kappa shape index (κ2) is 4.70. The third-order valence-electron chi connectivity index (χ3n) is 4.14. The van der Waals surface area contributed by atoms with Crippen molar-refractivity contribution in [2.45, 2.75) is 19.3 Å². The highest BCUT2D eigenvalue weighted by Crippen LogP contribution is 2.41. The minimum Gasteiger partial charge on any atom is -0.359 e. The first kappa shape index (κ1) is 12.2. The first-order valence-corrected chi connectivity index (χ1v) is 6.77. The van der Waals surface area contributed by atoms with Gasteiger partial charge in [0, 0.05) is 23.6 Å². The summed E-state index contributed by atoms with van der Waals surface area (Å²) in [4.78, 5) is 15.7. The van der Waals surface area contributed by atoms with E-state index in [4.69, 9.17) is 0 Å². The summed E-state index contributed by atoms with van der Waals surface area (Å²) in [5.74, 6) is 0.137. The van der Waals surface area contributed by atoms with Crippen LogP contribution in [0.25, 0.3) is 10.9 Å². The van der Waals surface area contributed by atoms with Crippen molar-refractivity contribution in [2.24, 2.45) is 5.41 Å². The highest BCUT2D eigenvalue weighted by Gasteiger charge is 2.43. The van der Waals surface area contributed by atoms with Gasteiger partial charge in [-0.05, 0) is 26.0 Å². The van der Waals surface area contributed by atoms with Gasteiger partial charge < -0.3 is 15.6 Å². The van der Waals surface area contributed by atoms with Crippen LogP contribution in [0, 0.1) is 5.41 Å². The number of carbonyl (C=O) groups excluding carboxylic acids is 1. The molecule has 4 heteroatoms. The monoisotopic (exact) mass is 257 g/mol. The van der Waals surface area contributed by atoms with E-state index in [1.165, 1.54) is 0 Å². The van der Waals surface area contributed by atoms with Crippen LogP contribution < -0.4 is 10.6 Å². The molecule has 3 N–H and O–H groups in total. The van der Waals surface area contributed by atoms with Crippen molar-refractivity contribution in [1.82, 2.24) is 10.3 Å². The van der Waals surface area contributed by atoms with E-state index in [1.54, 1.807) is 0 Å². The maximum Gasteiger partial charge on any atom is 0.231 e. The molecule has 0 spiro atoms. The summed E-state index contributed by atoms with van der Waals surface area (Å²) in [7, 11) is 1.90. The summed E-state index contributed by atoms with van der Waals surface area (Å²) in [6.07, 6.45) is 4.96. The molecule has 100 valence electrons. The first-order valence-electron chi connectivity index (χ1n) is 6.77. The second-order valence-electron chi connectivity index (χ2n) is 5.37. The standard InChI is InChI=1S/C15H19N3O/c1-16-10-15(7-4-8-15)14(19)18-13-9-17-12-6-3-2-5-11(12)13/h2-3,5-6,9,16-17H,4,7-8,10H2,1H3,(H,18,19). The van der Waals surface area contributed by atoms with E-state index in [0.717, 1.165) is 42.4 Å². The summed E-state index contributed by atoms with van der Waals surface area (Å²) in [5, 5.41) is 7.29. The Morgan fingerprint density at radius 2 is 2.16 bits per heavy atom. The zero-order valence-corrected chi connectivity index (χ0v) is 11.1. The van der Waals surface area contributed by atoms with Crippen molar-refractivity contribution in [3.05, 3.63) is 30.5 Å². The fraction of sp³-hybridized carbons (Fsp3) is 0.400. The van der Waals surface area contributed by atoms with E-state index in [1.807, 2.05) is 37.5 Å². The van der Waals surface area contributed by atoms with Crippen molar-refractivity contribution in [2.75, 3.05) is 18.9 Å². The summed E-state index contributed by atoms with van der Waals surface area (Å²) >= 11 is 0. The van der Waals surface area contributed by atoms with Crippen LogP contribution in [-0.4, -0.2) is 24.5 Å². The predicted molar refractivity (Wildman–Crippen MR) is 77.1 cm³/mol. The van der Waals surface area contributed by atoms with Gasteiger partial charge in [0.15, 0.2) is 0 Å². The number of aromatic nitrogens is 1. The zero-order chi connectivity index (χ0) is 13.3. The second-order valence-corrected chi connectivity index (χ2v) is 5.37. The Labute approximate surface area is 112 Å². The fourth-order valence-corrected chi connectivity index (χ4v) is 2.86. The fourth-order valence-electron chi connectivity index (χ4n) is 2.86. The number of hydrogen-bond acceptors (Lipinski definition) is 2. The minimum atomic E-state index is -0.215. The number of aromatic amines is 1. The van der Waals surface area contributed by atoms with Gasteiger partial charge in [0.2, 0.25) is 5.91 Å². The number of fused-ring (bicyclic) bond motifs is 1. The molecule has 1 heterocycles. The number of rotatable bonds is 4. The van der Waals surface area contributed by atoms with Gasteiger partial charge in [-0.3, -0.25) is 4.79 Å². The highest BCUT2D eigenvalue weighted by molar-refractivity contribution is 6.03. The third kappa shape index (κ3) is 2.02. The molecule has 1 aromatic carbocycles. The quantitative estimate of drug-likeness (QED) is 0.788. The van der Waals surface area contributed by atoms with Crippen LogP contribution in [0.5, 0.6) is 0 Å². The lowest BCUT2D eigenvalue weighted by molar-refractivity contribution is -0.129. The van der Waals surface area contributed by atoms with Gasteiger partial charge in [-0.2, -0.15) is 0 Å². The molecule has 0 atom stereocenters. The Kier molecular flexibility index (Phi) is 3.03. The van der Waals surface area contributed by atoms with Crippen LogP contribution in [-0.2, 0) is 4.79 Å². The van der Waals surface area contributed by atoms with Crippen LogP contribution in [0.3, 0.4) is 0 Å². The molecule has 1 amide bonds. The topological polar surface area (TPSA) is 56.9 Å². The average Bonchev–Trinajstić information content (AvgIpc) is 2.77. The minimum absolute atomic E-state index is 0.137. The third-order valence-corrected chi connectivity index (χ3v) is 4.14. The maximum absolute atomic E-state index is 12.5. The van der Waals surface area contributed by atoms with E-state index in [2.05, 4.69) is 15.6 Å². The maximum atomic E-state index is 12.5. The zero-order valence-electron chi connectivity index (χ0n) is 11.1. The molecule has 4 nitrogen and oxygen atoms in total. The van der Waals surface area contributed by atoms with Crippen LogP contribution in [0.2, 0.25) is 0 Å². The predicted octanol–water partition coefficient (Wildman–Crippen LogP) is 2.50. The number of amides is 1. The Morgan fingerprint density at radius 3 is 2.84 bits per heavy atom. The van der Waals surface area contributed by atoms with E-state index >= 15 is 0 Å². The lowest BCUT2D eigenvalue weighted by atomic mass is 9.68. The number of hydrogen-bond donors (Lipinski definition) is 3. The Hall–Kier alpha value is -1.81. The Balaban J connectivity index is 1.83. The van der Waals surface area contributed by atoms with Crippen molar-refractivity contribution in [1.29, 1.82) is 0 Å². The van der Waals surface area contributed by atoms with Crippen LogP contribution in [0.1, 0.15) is 19.3 Å². The number of anilines is 1. The van der Waals surface area contributed by atoms with E-state index in [-0.39, 0.29) is 11.3 Å². The van der Waals surface area contributed by atoms with Crippen molar-refractivity contribution in [3.63, 3.8) is 0 Å². The summed E-state index contributed by atoms with van der Waals surface area (Å²) < 4.78 is 0. The van der Waals surface area contributed by atoms with Gasteiger partial charge in [-0.1, -0.05) is 24.6 Å². The van der Waals surface area contributed by atoms with E-state index < -0.39 is 0 Å². The molecule has 1 aliphatic carbocycles. The van der Waals surface area contributed by atoms with Gasteiger partial charge in [0.25, 0.3) is 0 Å². The molecule has 0 bridgehead atoms. The number of carbonyl (C=O) groups is 1. The molecule has 0 aliphatic heterocycles. The first-order chi connectivity index (χ1) is 9.25. The smallest absolute Gasteiger partial charge is 0.231 e. The van der Waals surface area contributed by atoms with Crippen molar-refractivity contribution < 1.29 is 4.79 Å². The highest BCUT2D eigenvalue weighted by atomic mass is 16.2. The molecule has 1 aromatic heterocycles. The summed E-state index contributed by atoms with van der Waals surface area (Å²) in [5.41, 5.74) is 1.71. The number of para-hydroxylation sites is 1. The van der Waals surface area contributed by atoms with Gasteiger partial charge in [-0.25, -0.2) is 0 Å². The average molecular weight is 257 g/mol. The van der Waals surface area contributed by atoms with Gasteiger partial charge >= 0.3 is 0 Å². The van der Waals surface area contributed by atoms with E-state index in [0.29, 0.717) is 0 Å². The Bertz CT molecular complexity index is 598. The molecule has 3 rings (SSSR count). The van der Waals surface area contributed by atoms with Crippen LogP contribution in [0.15, 0.2) is 30.5 Å². The number of nitrogens with one attached hydrogen (secondary N) is 3. The van der Waals surface area contributed by atoms with E-state index in [9.17, 15) is 4.79 Å². The molecule has 1 aliphatic rings. The molecular formula is C15H19N3O. The number of H-pyrrole nitrogens is 1. The van der Waals surface area contributed by atoms with Crippen molar-refractivity contribution in [3.8, 4) is 0 Å². The van der Waals surface area contributed by atoms with Crippen molar-refractivity contribution >= 4 is 22.5 Å². The summed E-state index contributed by atoms with van der Waals surface area (Å²) in [6.45, 7) is 0.751. The van der Waals surface area contributed by atoms with Crippen LogP contribution in [0.4, 0.5) is 5.69 Å². The van der Waals surface area contributed by atoms with Gasteiger partial charge in [0.1, 0.15) is 0 Å². The molecule has 1 fully saturated rings. The van der Waals surface area contributed by atoms with Gasteiger partial charge in [0.05, 0.1) is 11.1 Å². The molecular weight excluding hydrogens is 238 g/mol. The molecule has 0 unspecified atom stereocenters. The largest absolute Gasteiger partial charge is 0.359 e. The Morgan fingerprint density at radius 1 is 1.37 bits per heavy atom. The van der Waals surface area contributed by atoms with Crippen LogP contribution >= 0.6 is 0 Å². The molecule has 2 aromatic rings. The molecule has 1 saturated carbocycles. The lowest BCUT2D eigenvalue weighted by Crippen LogP contribution is -2.48. The molecule has 0 saturated heterocycles. The lowest BCUT2D eigenvalue weighted by Gasteiger charge is -2.40. The normalized spacial score (nSPS) is 17.1.